The molecule has 1 aliphatic rings. The molecular weight excluding hydrogens is 190 g/mol. The van der Waals surface area contributed by atoms with E-state index in [9.17, 15) is 0 Å². The van der Waals surface area contributed by atoms with E-state index < -0.39 is 0 Å². The molecule has 1 atom stereocenters. The average Bonchev–Trinajstić information content (AvgIpc) is 2.66. The van der Waals surface area contributed by atoms with Crippen LogP contribution in [0, 0.1) is 0 Å². The summed E-state index contributed by atoms with van der Waals surface area (Å²) in [6.45, 7) is 2.34. The Bertz CT molecular complexity index is 329. The Hall–Kier alpha value is -1.00. The fourth-order valence-corrected chi connectivity index (χ4v) is 2.04. The summed E-state index contributed by atoms with van der Waals surface area (Å²) >= 11 is 0. The van der Waals surface area contributed by atoms with Crippen LogP contribution in [0.4, 0.5) is 0 Å². The Morgan fingerprint density at radius 3 is 3.13 bits per heavy atom. The zero-order valence-electron chi connectivity index (χ0n) is 9.06. The number of likely N-dealkylation sites (tertiary alicyclic amines) is 1. The fourth-order valence-electron chi connectivity index (χ4n) is 2.04. The van der Waals surface area contributed by atoms with Crippen molar-refractivity contribution in [3.63, 3.8) is 0 Å². The highest BCUT2D eigenvalue weighted by Crippen LogP contribution is 2.24. The SMILES string of the molecule is CN1CCC(c2ccnc(CCO)n2)C1. The van der Waals surface area contributed by atoms with E-state index in [1.807, 2.05) is 6.07 Å². The minimum absolute atomic E-state index is 0.119. The van der Waals surface area contributed by atoms with Gasteiger partial charge in [0.1, 0.15) is 5.82 Å². The molecule has 0 aliphatic carbocycles. The van der Waals surface area contributed by atoms with Crippen LogP contribution in [0.1, 0.15) is 23.9 Å². The van der Waals surface area contributed by atoms with Gasteiger partial charge >= 0.3 is 0 Å². The zero-order valence-corrected chi connectivity index (χ0v) is 9.06. The molecule has 0 spiro atoms. The summed E-state index contributed by atoms with van der Waals surface area (Å²) in [6, 6.07) is 1.99. The van der Waals surface area contributed by atoms with Crippen molar-refractivity contribution >= 4 is 0 Å². The van der Waals surface area contributed by atoms with Crippen LogP contribution >= 0.6 is 0 Å². The Balaban J connectivity index is 2.10. The van der Waals surface area contributed by atoms with Crippen molar-refractivity contribution in [3.05, 3.63) is 23.8 Å². The highest BCUT2D eigenvalue weighted by molar-refractivity contribution is 5.11. The molecule has 82 valence electrons. The van der Waals surface area contributed by atoms with Crippen LogP contribution in [0.2, 0.25) is 0 Å². The Kier molecular flexibility index (Phi) is 3.28. The molecule has 2 rings (SSSR count). The van der Waals surface area contributed by atoms with Gasteiger partial charge < -0.3 is 10.0 Å². The van der Waals surface area contributed by atoms with Crippen molar-refractivity contribution in [1.82, 2.24) is 14.9 Å². The third-order valence-corrected chi connectivity index (χ3v) is 2.87. The van der Waals surface area contributed by atoms with Crippen molar-refractivity contribution in [1.29, 1.82) is 0 Å². The highest BCUT2D eigenvalue weighted by Gasteiger charge is 2.22. The molecule has 1 unspecified atom stereocenters. The molecule has 1 aromatic heterocycles. The third-order valence-electron chi connectivity index (χ3n) is 2.87. The first-order valence-corrected chi connectivity index (χ1v) is 5.41. The lowest BCUT2D eigenvalue weighted by Gasteiger charge is -2.10. The van der Waals surface area contributed by atoms with Gasteiger partial charge in [0, 0.05) is 30.8 Å². The molecule has 1 N–H and O–H groups in total. The van der Waals surface area contributed by atoms with Crippen LogP contribution in [-0.4, -0.2) is 46.7 Å². The minimum Gasteiger partial charge on any atom is -0.396 e. The zero-order chi connectivity index (χ0) is 10.7. The van der Waals surface area contributed by atoms with Gasteiger partial charge in [0.15, 0.2) is 0 Å². The number of nitrogens with zero attached hydrogens (tertiary/aromatic N) is 3. The smallest absolute Gasteiger partial charge is 0.130 e. The summed E-state index contributed by atoms with van der Waals surface area (Å²) in [5, 5.41) is 8.83. The van der Waals surface area contributed by atoms with Gasteiger partial charge in [-0.2, -0.15) is 0 Å². The van der Waals surface area contributed by atoms with Gasteiger partial charge in [-0.15, -0.1) is 0 Å². The lowest BCUT2D eigenvalue weighted by molar-refractivity contribution is 0.296. The second-order valence-corrected chi connectivity index (χ2v) is 4.12. The van der Waals surface area contributed by atoms with Crippen LogP contribution in [0.15, 0.2) is 12.3 Å². The van der Waals surface area contributed by atoms with Crippen LogP contribution in [0.25, 0.3) is 0 Å². The van der Waals surface area contributed by atoms with E-state index in [2.05, 4.69) is 21.9 Å². The summed E-state index contributed by atoms with van der Waals surface area (Å²) in [7, 11) is 2.13. The lowest BCUT2D eigenvalue weighted by Crippen LogP contribution is -2.14. The van der Waals surface area contributed by atoms with Crippen molar-refractivity contribution in [3.8, 4) is 0 Å². The van der Waals surface area contributed by atoms with Gasteiger partial charge in [-0.3, -0.25) is 0 Å². The monoisotopic (exact) mass is 207 g/mol. The maximum Gasteiger partial charge on any atom is 0.130 e. The van der Waals surface area contributed by atoms with E-state index in [0.29, 0.717) is 12.3 Å². The molecular formula is C11H17N3O. The Labute approximate surface area is 90.0 Å². The quantitative estimate of drug-likeness (QED) is 0.781. The molecule has 0 bridgehead atoms. The normalized spacial score (nSPS) is 22.1. The van der Waals surface area contributed by atoms with Crippen LogP contribution in [0.3, 0.4) is 0 Å². The molecule has 0 amide bonds. The number of aliphatic hydroxyl groups excluding tert-OH is 1. The van der Waals surface area contributed by atoms with E-state index in [1.54, 1.807) is 6.20 Å². The first kappa shape index (κ1) is 10.5. The van der Waals surface area contributed by atoms with E-state index in [0.717, 1.165) is 24.6 Å². The second-order valence-electron chi connectivity index (χ2n) is 4.12. The fraction of sp³-hybridized carbons (Fsp3) is 0.636. The van der Waals surface area contributed by atoms with E-state index >= 15 is 0 Å². The summed E-state index contributed by atoms with van der Waals surface area (Å²) in [6.07, 6.45) is 3.52. The summed E-state index contributed by atoms with van der Waals surface area (Å²) in [5.74, 6) is 1.29. The molecule has 1 aliphatic heterocycles. The van der Waals surface area contributed by atoms with Gasteiger partial charge in [0.2, 0.25) is 0 Å². The van der Waals surface area contributed by atoms with Gasteiger partial charge in [0.25, 0.3) is 0 Å². The van der Waals surface area contributed by atoms with Crippen molar-refractivity contribution in [2.24, 2.45) is 0 Å². The maximum atomic E-state index is 8.83. The predicted molar refractivity (Wildman–Crippen MR) is 57.7 cm³/mol. The number of aliphatic hydroxyl groups is 1. The van der Waals surface area contributed by atoms with Gasteiger partial charge in [-0.05, 0) is 26.1 Å². The van der Waals surface area contributed by atoms with Crippen molar-refractivity contribution < 1.29 is 5.11 Å². The predicted octanol–water partition coefficient (Wildman–Crippen LogP) is 0.430. The second kappa shape index (κ2) is 4.68. The van der Waals surface area contributed by atoms with E-state index in [4.69, 9.17) is 5.11 Å². The summed E-state index contributed by atoms with van der Waals surface area (Å²) < 4.78 is 0. The van der Waals surface area contributed by atoms with Gasteiger partial charge in [-0.1, -0.05) is 0 Å². The van der Waals surface area contributed by atoms with E-state index in [1.165, 1.54) is 6.42 Å². The highest BCUT2D eigenvalue weighted by atomic mass is 16.3. The Morgan fingerprint density at radius 1 is 1.60 bits per heavy atom. The van der Waals surface area contributed by atoms with Crippen LogP contribution in [0.5, 0.6) is 0 Å². The summed E-state index contributed by atoms with van der Waals surface area (Å²) in [5.41, 5.74) is 1.12. The number of hydrogen-bond donors (Lipinski definition) is 1. The standard InChI is InChI=1S/C11H17N3O/c1-14-6-3-9(8-14)10-2-5-12-11(13-10)4-7-15/h2,5,9,15H,3-4,6-8H2,1H3. The average molecular weight is 207 g/mol. The molecule has 4 heteroatoms. The molecule has 1 aromatic rings. The molecule has 1 saturated heterocycles. The van der Waals surface area contributed by atoms with Crippen LogP contribution < -0.4 is 0 Å². The van der Waals surface area contributed by atoms with Gasteiger partial charge in [0.05, 0.1) is 6.61 Å². The third kappa shape index (κ3) is 2.52. The van der Waals surface area contributed by atoms with Crippen molar-refractivity contribution in [2.45, 2.75) is 18.8 Å². The maximum absolute atomic E-state index is 8.83. The first-order chi connectivity index (χ1) is 7.29. The lowest BCUT2D eigenvalue weighted by atomic mass is 10.0. The topological polar surface area (TPSA) is 49.2 Å². The number of rotatable bonds is 3. The molecule has 2 heterocycles. The largest absolute Gasteiger partial charge is 0.396 e. The Morgan fingerprint density at radius 2 is 2.47 bits per heavy atom. The van der Waals surface area contributed by atoms with Crippen molar-refractivity contribution in [2.75, 3.05) is 26.7 Å². The molecule has 0 saturated carbocycles. The molecule has 4 nitrogen and oxygen atoms in total. The van der Waals surface area contributed by atoms with Gasteiger partial charge in [-0.25, -0.2) is 9.97 Å². The van der Waals surface area contributed by atoms with E-state index in [-0.39, 0.29) is 6.61 Å². The molecule has 0 radical (unpaired) electrons. The minimum atomic E-state index is 0.119. The number of aromatic nitrogens is 2. The summed E-state index contributed by atoms with van der Waals surface area (Å²) in [4.78, 5) is 10.9. The van der Waals surface area contributed by atoms with Crippen LogP contribution in [-0.2, 0) is 6.42 Å². The molecule has 0 aromatic carbocycles. The first-order valence-electron chi connectivity index (χ1n) is 5.41. The number of hydrogen-bond acceptors (Lipinski definition) is 4. The molecule has 1 fully saturated rings. The number of likely N-dealkylation sites (N-methyl/N-ethyl adjacent to an activating group) is 1. The molecule has 15 heavy (non-hydrogen) atoms.